The smallest absolute Gasteiger partial charge is 0.251 e. The molecule has 7 heteroatoms. The van der Waals surface area contributed by atoms with E-state index in [9.17, 15) is 17.6 Å². The van der Waals surface area contributed by atoms with Crippen LogP contribution in [-0.4, -0.2) is 25.9 Å². The summed E-state index contributed by atoms with van der Waals surface area (Å²) in [6.07, 6.45) is 2.99. The summed E-state index contributed by atoms with van der Waals surface area (Å²) in [7, 11) is -3.88. The first-order valence-electron chi connectivity index (χ1n) is 8.62. The monoisotopic (exact) mass is 398 g/mol. The van der Waals surface area contributed by atoms with Crippen molar-refractivity contribution in [3.63, 3.8) is 0 Å². The number of carbonyl (C=O) groups excluding carboxylic acids is 1. The SMILES string of the molecule is Cc1ccc(C(=O)NC[C@@H](c2cccnc2)S(=O)(=O)c2ccc(F)cc2)cc1. The van der Waals surface area contributed by atoms with Crippen LogP contribution < -0.4 is 5.32 Å². The van der Waals surface area contributed by atoms with Crippen molar-refractivity contribution < 1.29 is 17.6 Å². The van der Waals surface area contributed by atoms with Gasteiger partial charge in [0.25, 0.3) is 5.91 Å². The molecule has 144 valence electrons. The highest BCUT2D eigenvalue weighted by Crippen LogP contribution is 2.28. The minimum absolute atomic E-state index is 0.0210. The summed E-state index contributed by atoms with van der Waals surface area (Å²) in [6.45, 7) is 1.77. The number of rotatable bonds is 6. The Balaban J connectivity index is 1.88. The van der Waals surface area contributed by atoms with E-state index in [4.69, 9.17) is 0 Å². The summed E-state index contributed by atoms with van der Waals surface area (Å²) < 4.78 is 39.5. The van der Waals surface area contributed by atoms with Crippen molar-refractivity contribution in [1.82, 2.24) is 10.3 Å². The number of benzene rings is 2. The lowest BCUT2D eigenvalue weighted by molar-refractivity contribution is 0.0953. The molecule has 0 aliphatic rings. The Bertz CT molecular complexity index is 1050. The normalized spacial score (nSPS) is 12.4. The number of halogens is 1. The van der Waals surface area contributed by atoms with Gasteiger partial charge in [0.1, 0.15) is 11.1 Å². The molecule has 28 heavy (non-hydrogen) atoms. The summed E-state index contributed by atoms with van der Waals surface area (Å²) in [4.78, 5) is 16.4. The van der Waals surface area contributed by atoms with Gasteiger partial charge in [0.15, 0.2) is 9.84 Å². The number of sulfone groups is 1. The van der Waals surface area contributed by atoms with Crippen LogP contribution in [0.1, 0.15) is 26.7 Å². The molecule has 0 saturated carbocycles. The van der Waals surface area contributed by atoms with Crippen molar-refractivity contribution in [1.29, 1.82) is 0 Å². The maximum atomic E-state index is 13.2. The molecule has 0 bridgehead atoms. The summed E-state index contributed by atoms with van der Waals surface area (Å²) in [5, 5.41) is 1.63. The third-order valence-electron chi connectivity index (χ3n) is 4.33. The third-order valence-corrected chi connectivity index (χ3v) is 6.45. The summed E-state index contributed by atoms with van der Waals surface area (Å²) >= 11 is 0. The van der Waals surface area contributed by atoms with E-state index in [2.05, 4.69) is 10.3 Å². The van der Waals surface area contributed by atoms with Gasteiger partial charge in [0.05, 0.1) is 4.90 Å². The standard InChI is InChI=1S/C21H19FN2O3S/c1-15-4-6-16(7-5-15)21(25)24-14-20(17-3-2-12-23-13-17)28(26,27)19-10-8-18(22)9-11-19/h2-13,20H,14H2,1H3,(H,24,25)/t20-/m0/s1. The van der Waals surface area contributed by atoms with Crippen molar-refractivity contribution in [3.05, 3.63) is 95.6 Å². The van der Waals surface area contributed by atoms with Crippen LogP contribution in [0.3, 0.4) is 0 Å². The van der Waals surface area contributed by atoms with Crippen LogP contribution in [0.2, 0.25) is 0 Å². The molecular weight excluding hydrogens is 379 g/mol. The van der Waals surface area contributed by atoms with Crippen molar-refractivity contribution in [2.45, 2.75) is 17.1 Å². The number of carbonyl (C=O) groups is 1. The number of nitrogens with zero attached hydrogens (tertiary/aromatic N) is 1. The van der Waals surface area contributed by atoms with Crippen molar-refractivity contribution in [2.75, 3.05) is 6.54 Å². The first-order chi connectivity index (χ1) is 13.4. The van der Waals surface area contributed by atoms with E-state index >= 15 is 0 Å². The first kappa shape index (κ1) is 19.7. The quantitative estimate of drug-likeness (QED) is 0.645. The van der Waals surface area contributed by atoms with Crippen molar-refractivity contribution in [2.24, 2.45) is 0 Å². The van der Waals surface area contributed by atoms with Crippen molar-refractivity contribution in [3.8, 4) is 0 Å². The van der Waals surface area contributed by atoms with Gasteiger partial charge in [-0.3, -0.25) is 9.78 Å². The summed E-state index contributed by atoms with van der Waals surface area (Å²) in [6, 6.07) is 14.9. The molecule has 1 N–H and O–H groups in total. The lowest BCUT2D eigenvalue weighted by atomic mass is 10.1. The minimum atomic E-state index is -3.88. The molecule has 5 nitrogen and oxygen atoms in total. The predicted octanol–water partition coefficient (Wildman–Crippen LogP) is 3.47. The lowest BCUT2D eigenvalue weighted by Crippen LogP contribution is -2.32. The average molecular weight is 398 g/mol. The molecule has 1 atom stereocenters. The van der Waals surface area contributed by atoms with Crippen LogP contribution in [0.4, 0.5) is 4.39 Å². The van der Waals surface area contributed by atoms with Gasteiger partial charge in [-0.25, -0.2) is 12.8 Å². The molecule has 0 unspecified atom stereocenters. The zero-order valence-electron chi connectivity index (χ0n) is 15.2. The highest BCUT2D eigenvalue weighted by atomic mass is 32.2. The van der Waals surface area contributed by atoms with Crippen LogP contribution in [-0.2, 0) is 9.84 Å². The number of pyridine rings is 1. The molecule has 1 heterocycles. The lowest BCUT2D eigenvalue weighted by Gasteiger charge is -2.19. The van der Waals surface area contributed by atoms with Gasteiger partial charge < -0.3 is 5.32 Å². The molecule has 3 rings (SSSR count). The van der Waals surface area contributed by atoms with E-state index in [0.717, 1.165) is 17.7 Å². The average Bonchev–Trinajstić information content (AvgIpc) is 2.69. The third kappa shape index (κ3) is 4.43. The maximum Gasteiger partial charge on any atom is 0.251 e. The molecule has 0 aliphatic carbocycles. The van der Waals surface area contributed by atoms with Gasteiger partial charge >= 0.3 is 0 Å². The number of nitrogens with one attached hydrogen (secondary N) is 1. The Morgan fingerprint density at radius 3 is 2.36 bits per heavy atom. The molecule has 0 aliphatic heterocycles. The molecule has 1 aromatic heterocycles. The Morgan fingerprint density at radius 1 is 1.07 bits per heavy atom. The second-order valence-corrected chi connectivity index (χ2v) is 8.48. The maximum absolute atomic E-state index is 13.2. The molecule has 3 aromatic rings. The Morgan fingerprint density at radius 2 is 1.75 bits per heavy atom. The second kappa shape index (κ2) is 8.31. The molecule has 1 amide bonds. The number of aryl methyl sites for hydroxylation is 1. The number of aromatic nitrogens is 1. The predicted molar refractivity (Wildman–Crippen MR) is 104 cm³/mol. The van der Waals surface area contributed by atoms with E-state index in [1.165, 1.54) is 24.5 Å². The van der Waals surface area contributed by atoms with E-state index < -0.39 is 20.9 Å². The number of hydrogen-bond donors (Lipinski definition) is 1. The fourth-order valence-corrected chi connectivity index (χ4v) is 4.40. The molecule has 0 saturated heterocycles. The van der Waals surface area contributed by atoms with Crippen LogP contribution in [0.15, 0.2) is 78.0 Å². The van der Waals surface area contributed by atoms with E-state index in [0.29, 0.717) is 11.1 Å². The summed E-state index contributed by atoms with van der Waals surface area (Å²) in [5.74, 6) is -0.896. The highest BCUT2D eigenvalue weighted by molar-refractivity contribution is 7.91. The van der Waals surface area contributed by atoms with Gasteiger partial charge in [0.2, 0.25) is 0 Å². The molecule has 0 radical (unpaired) electrons. The van der Waals surface area contributed by atoms with Crippen molar-refractivity contribution >= 4 is 15.7 Å². The van der Waals surface area contributed by atoms with Gasteiger partial charge in [-0.1, -0.05) is 23.8 Å². The number of amides is 1. The van der Waals surface area contributed by atoms with Crippen LogP contribution >= 0.6 is 0 Å². The largest absolute Gasteiger partial charge is 0.350 e. The first-order valence-corrected chi connectivity index (χ1v) is 10.2. The van der Waals surface area contributed by atoms with Gasteiger partial charge in [0, 0.05) is 24.5 Å². The zero-order valence-corrected chi connectivity index (χ0v) is 16.0. The highest BCUT2D eigenvalue weighted by Gasteiger charge is 2.30. The molecule has 0 fully saturated rings. The number of hydrogen-bond acceptors (Lipinski definition) is 4. The van der Waals surface area contributed by atoms with Gasteiger partial charge in [-0.15, -0.1) is 0 Å². The topological polar surface area (TPSA) is 76.1 Å². The van der Waals surface area contributed by atoms with Crippen LogP contribution in [0.25, 0.3) is 0 Å². The summed E-state index contributed by atoms with van der Waals surface area (Å²) in [5.41, 5.74) is 1.90. The van der Waals surface area contributed by atoms with E-state index in [1.807, 2.05) is 19.1 Å². The Labute approximate surface area is 163 Å². The fourth-order valence-electron chi connectivity index (χ4n) is 2.75. The van der Waals surface area contributed by atoms with E-state index in [1.54, 1.807) is 24.3 Å². The second-order valence-electron chi connectivity index (χ2n) is 6.35. The molecule has 2 aromatic carbocycles. The fraction of sp³-hybridized carbons (Fsp3) is 0.143. The Kier molecular flexibility index (Phi) is 5.84. The van der Waals surface area contributed by atoms with Crippen LogP contribution in [0.5, 0.6) is 0 Å². The zero-order chi connectivity index (χ0) is 20.1. The van der Waals surface area contributed by atoms with Gasteiger partial charge in [-0.05, 0) is 55.0 Å². The van der Waals surface area contributed by atoms with Crippen LogP contribution in [0, 0.1) is 12.7 Å². The van der Waals surface area contributed by atoms with Gasteiger partial charge in [-0.2, -0.15) is 0 Å². The van der Waals surface area contributed by atoms with E-state index in [-0.39, 0.29) is 17.3 Å². The Hall–Kier alpha value is -3.06. The molecule has 0 spiro atoms. The molecular formula is C21H19FN2O3S. The minimum Gasteiger partial charge on any atom is -0.350 e.